The average Bonchev–Trinajstić information content (AvgIpc) is 2.24. The molecular weight excluding hydrogens is 240 g/mol. The minimum atomic E-state index is -3.48. The SMILES string of the molecule is O=C(O)c1ccccc1S(=O)(=O)CC1CCC1. The minimum Gasteiger partial charge on any atom is -0.478 e. The Morgan fingerprint density at radius 3 is 2.47 bits per heavy atom. The summed E-state index contributed by atoms with van der Waals surface area (Å²) in [7, 11) is -3.48. The summed E-state index contributed by atoms with van der Waals surface area (Å²) in [5.41, 5.74) is -0.133. The molecule has 92 valence electrons. The monoisotopic (exact) mass is 254 g/mol. The molecule has 0 atom stereocenters. The van der Waals surface area contributed by atoms with Gasteiger partial charge in [0, 0.05) is 0 Å². The first-order valence-corrected chi connectivity index (χ1v) is 7.21. The first kappa shape index (κ1) is 12.1. The van der Waals surface area contributed by atoms with Crippen LogP contribution in [0, 0.1) is 5.92 Å². The number of sulfone groups is 1. The number of rotatable bonds is 4. The van der Waals surface area contributed by atoms with Crippen LogP contribution < -0.4 is 0 Å². The van der Waals surface area contributed by atoms with Crippen molar-refractivity contribution in [1.82, 2.24) is 0 Å². The number of aromatic carboxylic acids is 1. The molecule has 1 aromatic carbocycles. The van der Waals surface area contributed by atoms with Gasteiger partial charge in [-0.1, -0.05) is 18.6 Å². The van der Waals surface area contributed by atoms with E-state index in [1.54, 1.807) is 6.07 Å². The zero-order valence-corrected chi connectivity index (χ0v) is 10.1. The molecule has 0 spiro atoms. The fraction of sp³-hybridized carbons (Fsp3) is 0.417. The van der Waals surface area contributed by atoms with E-state index in [-0.39, 0.29) is 22.1 Å². The Morgan fingerprint density at radius 1 is 1.29 bits per heavy atom. The molecule has 2 rings (SSSR count). The lowest BCUT2D eigenvalue weighted by molar-refractivity contribution is 0.0692. The zero-order chi connectivity index (χ0) is 12.5. The van der Waals surface area contributed by atoms with Gasteiger partial charge < -0.3 is 5.11 Å². The topological polar surface area (TPSA) is 71.4 Å². The van der Waals surface area contributed by atoms with Crippen molar-refractivity contribution in [3.05, 3.63) is 29.8 Å². The maximum atomic E-state index is 12.1. The molecule has 0 saturated heterocycles. The third-order valence-corrected chi connectivity index (χ3v) is 5.07. The number of hydrogen-bond donors (Lipinski definition) is 1. The summed E-state index contributed by atoms with van der Waals surface area (Å²) in [5, 5.41) is 8.97. The third kappa shape index (κ3) is 2.49. The Bertz CT molecular complexity index is 529. The van der Waals surface area contributed by atoms with Crippen molar-refractivity contribution in [3.8, 4) is 0 Å². The molecule has 1 aliphatic carbocycles. The average molecular weight is 254 g/mol. The predicted molar refractivity (Wildman–Crippen MR) is 62.8 cm³/mol. The van der Waals surface area contributed by atoms with Gasteiger partial charge in [0.15, 0.2) is 9.84 Å². The van der Waals surface area contributed by atoms with E-state index in [1.807, 2.05) is 0 Å². The third-order valence-electron chi connectivity index (χ3n) is 3.13. The van der Waals surface area contributed by atoms with Gasteiger partial charge in [0.25, 0.3) is 0 Å². The van der Waals surface area contributed by atoms with Crippen molar-refractivity contribution in [2.24, 2.45) is 5.92 Å². The number of carboxylic acids is 1. The maximum Gasteiger partial charge on any atom is 0.337 e. The van der Waals surface area contributed by atoms with Gasteiger partial charge >= 0.3 is 5.97 Å². The molecule has 5 heteroatoms. The van der Waals surface area contributed by atoms with Crippen LogP contribution in [0.3, 0.4) is 0 Å². The van der Waals surface area contributed by atoms with Crippen LogP contribution in [-0.2, 0) is 9.84 Å². The van der Waals surface area contributed by atoms with Crippen molar-refractivity contribution in [1.29, 1.82) is 0 Å². The van der Waals surface area contributed by atoms with Crippen LogP contribution in [0.5, 0.6) is 0 Å². The molecule has 4 nitrogen and oxygen atoms in total. The van der Waals surface area contributed by atoms with Crippen molar-refractivity contribution in [3.63, 3.8) is 0 Å². The molecule has 0 unspecified atom stereocenters. The molecule has 17 heavy (non-hydrogen) atoms. The quantitative estimate of drug-likeness (QED) is 0.891. The second-order valence-electron chi connectivity index (χ2n) is 4.38. The van der Waals surface area contributed by atoms with Gasteiger partial charge in [-0.15, -0.1) is 0 Å². The van der Waals surface area contributed by atoms with Gasteiger partial charge in [0.2, 0.25) is 0 Å². The van der Waals surface area contributed by atoms with Gasteiger partial charge in [-0.3, -0.25) is 0 Å². The van der Waals surface area contributed by atoms with E-state index in [9.17, 15) is 13.2 Å². The van der Waals surface area contributed by atoms with E-state index in [0.29, 0.717) is 0 Å². The fourth-order valence-corrected chi connectivity index (χ4v) is 3.88. The van der Waals surface area contributed by atoms with Crippen molar-refractivity contribution >= 4 is 15.8 Å². The van der Waals surface area contributed by atoms with Crippen LogP contribution in [-0.4, -0.2) is 25.2 Å². The summed E-state index contributed by atoms with van der Waals surface area (Å²) in [6, 6.07) is 5.79. The van der Waals surface area contributed by atoms with Gasteiger partial charge in [-0.2, -0.15) is 0 Å². The summed E-state index contributed by atoms with van der Waals surface area (Å²) in [6.45, 7) is 0. The lowest BCUT2D eigenvalue weighted by atomic mass is 9.87. The number of hydrogen-bond acceptors (Lipinski definition) is 3. The van der Waals surface area contributed by atoms with E-state index in [4.69, 9.17) is 5.11 Å². The molecule has 1 saturated carbocycles. The highest BCUT2D eigenvalue weighted by Gasteiger charge is 2.28. The molecule has 1 fully saturated rings. The van der Waals surface area contributed by atoms with Crippen LogP contribution in [0.25, 0.3) is 0 Å². The van der Waals surface area contributed by atoms with Crippen LogP contribution in [0.15, 0.2) is 29.2 Å². The summed E-state index contributed by atoms with van der Waals surface area (Å²) in [5.74, 6) is -0.934. The Balaban J connectivity index is 2.34. The van der Waals surface area contributed by atoms with Crippen LogP contribution in [0.1, 0.15) is 29.6 Å². The van der Waals surface area contributed by atoms with E-state index >= 15 is 0 Å². The lowest BCUT2D eigenvalue weighted by Crippen LogP contribution is -2.23. The van der Waals surface area contributed by atoms with E-state index < -0.39 is 15.8 Å². The Hall–Kier alpha value is -1.36. The Kier molecular flexibility index (Phi) is 3.19. The minimum absolute atomic E-state index is 0.0561. The van der Waals surface area contributed by atoms with Gasteiger partial charge in [-0.25, -0.2) is 13.2 Å². The number of carbonyl (C=O) groups is 1. The number of carboxylic acid groups (broad SMARTS) is 1. The highest BCUT2D eigenvalue weighted by atomic mass is 32.2. The molecule has 0 heterocycles. The zero-order valence-electron chi connectivity index (χ0n) is 9.30. The molecule has 1 aromatic rings. The highest BCUT2D eigenvalue weighted by molar-refractivity contribution is 7.91. The van der Waals surface area contributed by atoms with Crippen LogP contribution >= 0.6 is 0 Å². The van der Waals surface area contributed by atoms with Crippen LogP contribution in [0.2, 0.25) is 0 Å². The molecule has 0 bridgehead atoms. The number of benzene rings is 1. The molecule has 1 N–H and O–H groups in total. The second-order valence-corrected chi connectivity index (χ2v) is 6.38. The first-order chi connectivity index (χ1) is 8.00. The summed E-state index contributed by atoms with van der Waals surface area (Å²) >= 11 is 0. The molecule has 0 aliphatic heterocycles. The highest BCUT2D eigenvalue weighted by Crippen LogP contribution is 2.30. The second kappa shape index (κ2) is 4.49. The summed E-state index contributed by atoms with van der Waals surface area (Å²) in [4.78, 5) is 10.9. The van der Waals surface area contributed by atoms with Crippen LogP contribution in [0.4, 0.5) is 0 Å². The summed E-state index contributed by atoms with van der Waals surface area (Å²) in [6.07, 6.45) is 2.92. The van der Waals surface area contributed by atoms with Crippen molar-refractivity contribution in [2.75, 3.05) is 5.75 Å². The first-order valence-electron chi connectivity index (χ1n) is 5.56. The van der Waals surface area contributed by atoms with E-state index in [2.05, 4.69) is 0 Å². The molecule has 0 aromatic heterocycles. The van der Waals surface area contributed by atoms with Gasteiger partial charge in [0.1, 0.15) is 0 Å². The molecular formula is C12H14O4S. The Morgan fingerprint density at radius 2 is 1.94 bits per heavy atom. The van der Waals surface area contributed by atoms with Crippen molar-refractivity contribution < 1.29 is 18.3 Å². The Labute approximate surface area is 100 Å². The maximum absolute atomic E-state index is 12.1. The fourth-order valence-electron chi connectivity index (χ4n) is 1.97. The normalized spacial score (nSPS) is 16.5. The standard InChI is InChI=1S/C12H14O4S/c13-12(14)10-6-1-2-7-11(10)17(15,16)8-9-4-3-5-9/h1-2,6-7,9H,3-5,8H2,(H,13,14). The predicted octanol–water partition coefficient (Wildman–Crippen LogP) is 1.96. The van der Waals surface area contributed by atoms with E-state index in [1.165, 1.54) is 18.2 Å². The molecule has 0 amide bonds. The lowest BCUT2D eigenvalue weighted by Gasteiger charge is -2.25. The largest absolute Gasteiger partial charge is 0.478 e. The van der Waals surface area contributed by atoms with Gasteiger partial charge in [0.05, 0.1) is 16.2 Å². The molecule has 0 radical (unpaired) electrons. The van der Waals surface area contributed by atoms with E-state index in [0.717, 1.165) is 19.3 Å². The van der Waals surface area contributed by atoms with Gasteiger partial charge in [-0.05, 0) is 30.9 Å². The molecule has 1 aliphatic rings. The van der Waals surface area contributed by atoms with Crippen molar-refractivity contribution in [2.45, 2.75) is 24.2 Å². The smallest absolute Gasteiger partial charge is 0.337 e. The summed E-state index contributed by atoms with van der Waals surface area (Å²) < 4.78 is 24.2.